The van der Waals surface area contributed by atoms with Crippen molar-refractivity contribution < 1.29 is 9.15 Å². The minimum atomic E-state index is 0.434. The maximum atomic E-state index is 6.14. The van der Waals surface area contributed by atoms with Gasteiger partial charge in [-0.2, -0.15) is 0 Å². The van der Waals surface area contributed by atoms with E-state index in [1.807, 2.05) is 24.3 Å². The van der Waals surface area contributed by atoms with E-state index in [0.29, 0.717) is 11.3 Å². The van der Waals surface area contributed by atoms with Crippen molar-refractivity contribution in [3.05, 3.63) is 35.0 Å². The number of para-hydroxylation sites is 1. The maximum absolute atomic E-state index is 6.14. The molecule has 3 nitrogen and oxygen atoms in total. The molecule has 0 amide bonds. The van der Waals surface area contributed by atoms with E-state index in [1.54, 1.807) is 0 Å². The van der Waals surface area contributed by atoms with Gasteiger partial charge in [0.15, 0.2) is 5.22 Å². The van der Waals surface area contributed by atoms with Gasteiger partial charge in [0.05, 0.1) is 6.10 Å². The lowest BCUT2D eigenvalue weighted by atomic mass is 10.1. The van der Waals surface area contributed by atoms with E-state index >= 15 is 0 Å². The molecule has 1 unspecified atom stereocenters. The summed E-state index contributed by atoms with van der Waals surface area (Å²) >= 11 is 6.14. The molecule has 0 saturated carbocycles. The zero-order valence-corrected chi connectivity index (χ0v) is 11.6. The van der Waals surface area contributed by atoms with Crippen LogP contribution in [-0.2, 0) is 11.3 Å². The second-order valence-electron chi connectivity index (χ2n) is 4.95. The first kappa shape index (κ1) is 13.0. The van der Waals surface area contributed by atoms with Gasteiger partial charge in [0, 0.05) is 24.1 Å². The van der Waals surface area contributed by atoms with Crippen LogP contribution >= 0.6 is 11.6 Å². The van der Waals surface area contributed by atoms with Crippen LogP contribution in [0.25, 0.3) is 11.0 Å². The molecule has 4 heteroatoms. The molecule has 0 aliphatic carbocycles. The number of furan rings is 1. The Labute approximate surface area is 117 Å². The molecule has 102 valence electrons. The van der Waals surface area contributed by atoms with Gasteiger partial charge in [0.1, 0.15) is 5.58 Å². The number of hydrogen-bond donors (Lipinski definition) is 1. The fourth-order valence-electron chi connectivity index (χ4n) is 2.58. The average molecular weight is 280 g/mol. The Morgan fingerprint density at radius 3 is 3.05 bits per heavy atom. The third kappa shape index (κ3) is 2.94. The largest absolute Gasteiger partial charge is 0.444 e. The molecule has 0 bridgehead atoms. The Morgan fingerprint density at radius 1 is 1.32 bits per heavy atom. The molecule has 2 heterocycles. The number of fused-ring (bicyclic) bond motifs is 1. The molecule has 1 aliphatic heterocycles. The summed E-state index contributed by atoms with van der Waals surface area (Å²) in [5.41, 5.74) is 1.90. The van der Waals surface area contributed by atoms with Crippen molar-refractivity contribution in [3.8, 4) is 0 Å². The highest BCUT2D eigenvalue weighted by Gasteiger charge is 2.15. The van der Waals surface area contributed by atoms with Crippen LogP contribution in [0.1, 0.15) is 24.8 Å². The number of ether oxygens (including phenoxy) is 1. The van der Waals surface area contributed by atoms with Crippen LogP contribution in [0.15, 0.2) is 28.7 Å². The van der Waals surface area contributed by atoms with E-state index < -0.39 is 0 Å². The fraction of sp³-hybridized carbons (Fsp3) is 0.467. The standard InChI is InChI=1S/C15H18ClNO2/c16-15-13(12-5-1-2-6-14(12)19-15)10-17-8-7-11-4-3-9-18-11/h1-2,5-6,11,17H,3-4,7-10H2. The van der Waals surface area contributed by atoms with Crippen LogP contribution in [-0.4, -0.2) is 19.3 Å². The van der Waals surface area contributed by atoms with Gasteiger partial charge in [-0.25, -0.2) is 0 Å². The topological polar surface area (TPSA) is 34.4 Å². The Kier molecular flexibility index (Phi) is 4.06. The van der Waals surface area contributed by atoms with Gasteiger partial charge in [0.2, 0.25) is 0 Å². The van der Waals surface area contributed by atoms with Crippen LogP contribution in [0.3, 0.4) is 0 Å². The first-order valence-corrected chi connectivity index (χ1v) is 7.20. The van der Waals surface area contributed by atoms with Gasteiger partial charge >= 0.3 is 0 Å². The van der Waals surface area contributed by atoms with E-state index in [9.17, 15) is 0 Å². The molecular weight excluding hydrogens is 262 g/mol. The van der Waals surface area contributed by atoms with Gasteiger partial charge in [-0.15, -0.1) is 0 Å². The van der Waals surface area contributed by atoms with Crippen molar-refractivity contribution in [1.82, 2.24) is 5.32 Å². The number of nitrogens with one attached hydrogen (secondary N) is 1. The summed E-state index contributed by atoms with van der Waals surface area (Å²) in [5.74, 6) is 0. The van der Waals surface area contributed by atoms with Gasteiger partial charge in [0.25, 0.3) is 0 Å². The van der Waals surface area contributed by atoms with E-state index in [1.165, 1.54) is 12.8 Å². The molecule has 19 heavy (non-hydrogen) atoms. The minimum absolute atomic E-state index is 0.434. The quantitative estimate of drug-likeness (QED) is 0.847. The van der Waals surface area contributed by atoms with Crippen LogP contribution in [0.2, 0.25) is 5.22 Å². The number of benzene rings is 1. The van der Waals surface area contributed by atoms with Crippen molar-refractivity contribution in [2.45, 2.75) is 31.9 Å². The lowest BCUT2D eigenvalue weighted by Gasteiger charge is -2.09. The number of halogens is 1. The second-order valence-corrected chi connectivity index (χ2v) is 5.29. The lowest BCUT2D eigenvalue weighted by molar-refractivity contribution is 0.104. The van der Waals surface area contributed by atoms with Crippen molar-refractivity contribution in [1.29, 1.82) is 0 Å². The third-order valence-corrected chi connectivity index (χ3v) is 3.92. The van der Waals surface area contributed by atoms with Crippen molar-refractivity contribution in [2.24, 2.45) is 0 Å². The summed E-state index contributed by atoms with van der Waals surface area (Å²) in [5, 5.41) is 5.01. The molecule has 0 spiro atoms. The first-order chi connectivity index (χ1) is 9.34. The van der Waals surface area contributed by atoms with E-state index in [4.69, 9.17) is 20.8 Å². The van der Waals surface area contributed by atoms with E-state index in [0.717, 1.165) is 42.6 Å². The van der Waals surface area contributed by atoms with E-state index in [-0.39, 0.29) is 0 Å². The summed E-state index contributed by atoms with van der Waals surface area (Å²) in [6, 6.07) is 7.94. The van der Waals surface area contributed by atoms with Gasteiger partial charge < -0.3 is 14.5 Å². The Morgan fingerprint density at radius 2 is 2.21 bits per heavy atom. The summed E-state index contributed by atoms with van der Waals surface area (Å²) < 4.78 is 11.1. The number of rotatable bonds is 5. The van der Waals surface area contributed by atoms with Crippen LogP contribution in [0.4, 0.5) is 0 Å². The molecule has 2 aromatic rings. The Bertz CT molecular complexity index is 546. The minimum Gasteiger partial charge on any atom is -0.444 e. The second kappa shape index (κ2) is 5.95. The molecule has 1 aromatic carbocycles. The Hall–Kier alpha value is -1.03. The van der Waals surface area contributed by atoms with Gasteiger partial charge in [-0.05, 0) is 43.5 Å². The molecular formula is C15H18ClNO2. The van der Waals surface area contributed by atoms with Gasteiger partial charge in [-0.3, -0.25) is 0 Å². The summed E-state index contributed by atoms with van der Waals surface area (Å²) in [6.45, 7) is 2.60. The van der Waals surface area contributed by atoms with E-state index in [2.05, 4.69) is 5.32 Å². The predicted octanol–water partition coefficient (Wildman–Crippen LogP) is 3.74. The summed E-state index contributed by atoms with van der Waals surface area (Å²) in [6.07, 6.45) is 3.89. The van der Waals surface area contributed by atoms with Crippen molar-refractivity contribution in [3.63, 3.8) is 0 Å². The summed E-state index contributed by atoms with van der Waals surface area (Å²) in [7, 11) is 0. The van der Waals surface area contributed by atoms with Crippen LogP contribution < -0.4 is 5.32 Å². The lowest BCUT2D eigenvalue weighted by Crippen LogP contribution is -2.19. The molecule has 1 aromatic heterocycles. The first-order valence-electron chi connectivity index (χ1n) is 6.83. The fourth-order valence-corrected chi connectivity index (χ4v) is 2.83. The van der Waals surface area contributed by atoms with Crippen molar-refractivity contribution in [2.75, 3.05) is 13.2 Å². The maximum Gasteiger partial charge on any atom is 0.199 e. The van der Waals surface area contributed by atoms with Crippen LogP contribution in [0.5, 0.6) is 0 Å². The molecule has 1 atom stereocenters. The molecule has 1 saturated heterocycles. The molecule has 1 fully saturated rings. The zero-order valence-electron chi connectivity index (χ0n) is 10.8. The van der Waals surface area contributed by atoms with Crippen LogP contribution in [0, 0.1) is 0 Å². The average Bonchev–Trinajstić information content (AvgIpc) is 3.02. The van der Waals surface area contributed by atoms with Crippen molar-refractivity contribution >= 4 is 22.6 Å². The highest BCUT2D eigenvalue weighted by molar-refractivity contribution is 6.30. The third-order valence-electron chi connectivity index (χ3n) is 3.62. The highest BCUT2D eigenvalue weighted by atomic mass is 35.5. The molecule has 0 radical (unpaired) electrons. The number of hydrogen-bond acceptors (Lipinski definition) is 3. The smallest absolute Gasteiger partial charge is 0.199 e. The molecule has 1 aliphatic rings. The highest BCUT2D eigenvalue weighted by Crippen LogP contribution is 2.29. The van der Waals surface area contributed by atoms with Gasteiger partial charge in [-0.1, -0.05) is 18.2 Å². The SMILES string of the molecule is Clc1oc2ccccc2c1CNCCC1CCCO1. The zero-order chi connectivity index (χ0) is 13.1. The molecule has 3 rings (SSSR count). The monoisotopic (exact) mass is 279 g/mol. The predicted molar refractivity (Wildman–Crippen MR) is 76.5 cm³/mol. The summed E-state index contributed by atoms with van der Waals surface area (Å²) in [4.78, 5) is 0. The molecule has 1 N–H and O–H groups in total. The normalized spacial score (nSPS) is 19.3. The Balaban J connectivity index is 1.57.